The van der Waals surface area contributed by atoms with Crippen LogP contribution in [0.25, 0.3) is 0 Å². The number of amides is 1. The maximum absolute atomic E-state index is 11.9. The largest absolute Gasteiger partial charge is 0.330 e. The van der Waals surface area contributed by atoms with Gasteiger partial charge in [-0.05, 0) is 42.8 Å². The molecule has 1 aromatic carbocycles. The Morgan fingerprint density at radius 2 is 2.00 bits per heavy atom. The average Bonchev–Trinajstić information content (AvgIpc) is 2.42. The zero-order valence-corrected chi connectivity index (χ0v) is 9.97. The van der Waals surface area contributed by atoms with Crippen LogP contribution >= 0.6 is 0 Å². The number of nitrogens with zero attached hydrogens (tertiary/aromatic N) is 1. The Labute approximate surface area is 106 Å². The van der Waals surface area contributed by atoms with Crippen molar-refractivity contribution in [2.24, 2.45) is 5.73 Å². The highest BCUT2D eigenvalue weighted by Crippen LogP contribution is 2.11. The molecule has 92 valence electrons. The Morgan fingerprint density at radius 1 is 1.22 bits per heavy atom. The third kappa shape index (κ3) is 3.15. The highest BCUT2D eigenvalue weighted by molar-refractivity contribution is 6.03. The molecule has 0 fully saturated rings. The Balaban J connectivity index is 2.03. The first kappa shape index (κ1) is 12.3. The molecule has 0 aliphatic rings. The highest BCUT2D eigenvalue weighted by Gasteiger charge is 2.05. The van der Waals surface area contributed by atoms with Gasteiger partial charge in [0.15, 0.2) is 0 Å². The lowest BCUT2D eigenvalue weighted by molar-refractivity contribution is 0.102. The smallest absolute Gasteiger partial charge is 0.257 e. The Morgan fingerprint density at radius 3 is 2.61 bits per heavy atom. The molecule has 0 saturated carbocycles. The van der Waals surface area contributed by atoms with E-state index in [-0.39, 0.29) is 5.91 Å². The summed E-state index contributed by atoms with van der Waals surface area (Å²) in [6.07, 6.45) is 4.02. The van der Waals surface area contributed by atoms with Crippen LogP contribution in [0.4, 0.5) is 5.69 Å². The van der Waals surface area contributed by atoms with Crippen molar-refractivity contribution in [1.29, 1.82) is 0 Å². The fourth-order valence-corrected chi connectivity index (χ4v) is 1.62. The van der Waals surface area contributed by atoms with E-state index in [1.807, 2.05) is 24.3 Å². The molecule has 2 rings (SSSR count). The molecule has 0 bridgehead atoms. The molecule has 0 saturated heterocycles. The van der Waals surface area contributed by atoms with Gasteiger partial charge < -0.3 is 11.1 Å². The molecule has 0 radical (unpaired) electrons. The lowest BCUT2D eigenvalue weighted by Crippen LogP contribution is -2.12. The van der Waals surface area contributed by atoms with E-state index in [1.165, 1.54) is 6.20 Å². The van der Waals surface area contributed by atoms with E-state index in [9.17, 15) is 4.79 Å². The van der Waals surface area contributed by atoms with E-state index in [1.54, 1.807) is 18.3 Å². The first-order chi connectivity index (χ1) is 8.79. The van der Waals surface area contributed by atoms with Crippen LogP contribution in [-0.4, -0.2) is 17.4 Å². The topological polar surface area (TPSA) is 68.0 Å². The van der Waals surface area contributed by atoms with Crippen molar-refractivity contribution < 1.29 is 4.79 Å². The number of carbonyl (C=O) groups excluding carboxylic acids is 1. The van der Waals surface area contributed by atoms with Crippen molar-refractivity contribution >= 4 is 11.6 Å². The average molecular weight is 241 g/mol. The first-order valence-electron chi connectivity index (χ1n) is 5.80. The summed E-state index contributed by atoms with van der Waals surface area (Å²) >= 11 is 0. The molecular formula is C14H15N3O. The monoisotopic (exact) mass is 241 g/mol. The molecule has 0 atom stereocenters. The summed E-state index contributed by atoms with van der Waals surface area (Å²) in [5, 5.41) is 2.82. The molecular weight excluding hydrogens is 226 g/mol. The number of hydrogen-bond donors (Lipinski definition) is 2. The molecule has 4 nitrogen and oxygen atoms in total. The Hall–Kier alpha value is -2.20. The van der Waals surface area contributed by atoms with Crippen molar-refractivity contribution in [2.75, 3.05) is 11.9 Å². The minimum absolute atomic E-state index is 0.158. The molecule has 0 unspecified atom stereocenters. The second-order valence-corrected chi connectivity index (χ2v) is 3.93. The first-order valence-corrected chi connectivity index (χ1v) is 5.80. The molecule has 0 spiro atoms. The van der Waals surface area contributed by atoms with Gasteiger partial charge in [0.2, 0.25) is 0 Å². The van der Waals surface area contributed by atoms with Gasteiger partial charge in [-0.1, -0.05) is 12.1 Å². The summed E-state index contributed by atoms with van der Waals surface area (Å²) in [5.41, 5.74) is 7.96. The van der Waals surface area contributed by atoms with Crippen LogP contribution in [0.2, 0.25) is 0 Å². The number of rotatable bonds is 4. The van der Waals surface area contributed by atoms with Crippen LogP contribution in [0, 0.1) is 0 Å². The summed E-state index contributed by atoms with van der Waals surface area (Å²) in [6.45, 7) is 0.626. The van der Waals surface area contributed by atoms with E-state index in [0.29, 0.717) is 12.1 Å². The molecule has 1 heterocycles. The van der Waals surface area contributed by atoms with Gasteiger partial charge in [0.1, 0.15) is 0 Å². The predicted molar refractivity (Wildman–Crippen MR) is 71.4 cm³/mol. The van der Waals surface area contributed by atoms with Gasteiger partial charge in [0, 0.05) is 18.1 Å². The van der Waals surface area contributed by atoms with Crippen LogP contribution in [0.15, 0.2) is 48.8 Å². The summed E-state index contributed by atoms with van der Waals surface area (Å²) in [5.74, 6) is -0.158. The van der Waals surface area contributed by atoms with E-state index in [2.05, 4.69) is 10.3 Å². The fraction of sp³-hybridized carbons (Fsp3) is 0.143. The second kappa shape index (κ2) is 5.93. The number of anilines is 1. The standard InChI is InChI=1S/C14H15N3O/c15-8-7-11-3-5-13(6-4-11)17-14(18)12-2-1-9-16-10-12/h1-6,9-10H,7-8,15H2,(H,17,18). The van der Waals surface area contributed by atoms with E-state index in [4.69, 9.17) is 5.73 Å². The van der Waals surface area contributed by atoms with Gasteiger partial charge in [-0.3, -0.25) is 9.78 Å². The highest BCUT2D eigenvalue weighted by atomic mass is 16.1. The van der Waals surface area contributed by atoms with Gasteiger partial charge in [0.05, 0.1) is 5.56 Å². The maximum Gasteiger partial charge on any atom is 0.257 e. The molecule has 2 aromatic rings. The summed E-state index contributed by atoms with van der Waals surface area (Å²) in [4.78, 5) is 15.8. The second-order valence-electron chi connectivity index (χ2n) is 3.93. The fourth-order valence-electron chi connectivity index (χ4n) is 1.62. The third-order valence-electron chi connectivity index (χ3n) is 2.57. The SMILES string of the molecule is NCCc1ccc(NC(=O)c2cccnc2)cc1. The zero-order chi connectivity index (χ0) is 12.8. The normalized spacial score (nSPS) is 10.1. The van der Waals surface area contributed by atoms with Crippen molar-refractivity contribution in [3.8, 4) is 0 Å². The van der Waals surface area contributed by atoms with Gasteiger partial charge in [0.25, 0.3) is 5.91 Å². The molecule has 3 N–H and O–H groups in total. The summed E-state index contributed by atoms with van der Waals surface area (Å²) < 4.78 is 0. The number of nitrogens with one attached hydrogen (secondary N) is 1. The summed E-state index contributed by atoms with van der Waals surface area (Å²) in [6, 6.07) is 11.1. The number of aromatic nitrogens is 1. The van der Waals surface area contributed by atoms with Crippen molar-refractivity contribution in [2.45, 2.75) is 6.42 Å². The predicted octanol–water partition coefficient (Wildman–Crippen LogP) is 1.84. The van der Waals surface area contributed by atoms with Crippen LogP contribution < -0.4 is 11.1 Å². The van der Waals surface area contributed by atoms with Crippen LogP contribution in [-0.2, 0) is 6.42 Å². The van der Waals surface area contributed by atoms with Gasteiger partial charge in [-0.2, -0.15) is 0 Å². The number of pyridine rings is 1. The summed E-state index contributed by atoms with van der Waals surface area (Å²) in [7, 11) is 0. The van der Waals surface area contributed by atoms with E-state index in [0.717, 1.165) is 17.7 Å². The molecule has 1 aromatic heterocycles. The van der Waals surface area contributed by atoms with Gasteiger partial charge in [-0.25, -0.2) is 0 Å². The van der Waals surface area contributed by atoms with Gasteiger partial charge in [-0.15, -0.1) is 0 Å². The maximum atomic E-state index is 11.9. The number of hydrogen-bond acceptors (Lipinski definition) is 3. The minimum atomic E-state index is -0.158. The van der Waals surface area contributed by atoms with Crippen molar-refractivity contribution in [1.82, 2.24) is 4.98 Å². The number of nitrogens with two attached hydrogens (primary N) is 1. The molecule has 18 heavy (non-hydrogen) atoms. The molecule has 0 aliphatic heterocycles. The van der Waals surface area contributed by atoms with E-state index < -0.39 is 0 Å². The quantitative estimate of drug-likeness (QED) is 0.858. The minimum Gasteiger partial charge on any atom is -0.330 e. The third-order valence-corrected chi connectivity index (χ3v) is 2.57. The van der Waals surface area contributed by atoms with Crippen LogP contribution in [0.3, 0.4) is 0 Å². The molecule has 4 heteroatoms. The van der Waals surface area contributed by atoms with Crippen molar-refractivity contribution in [3.63, 3.8) is 0 Å². The van der Waals surface area contributed by atoms with E-state index >= 15 is 0 Å². The lowest BCUT2D eigenvalue weighted by atomic mass is 10.1. The van der Waals surface area contributed by atoms with Crippen molar-refractivity contribution in [3.05, 3.63) is 59.9 Å². The molecule has 0 aliphatic carbocycles. The zero-order valence-electron chi connectivity index (χ0n) is 9.97. The Kier molecular flexibility index (Phi) is 4.04. The van der Waals surface area contributed by atoms with Crippen LogP contribution in [0.1, 0.15) is 15.9 Å². The lowest BCUT2D eigenvalue weighted by Gasteiger charge is -2.06. The number of benzene rings is 1. The van der Waals surface area contributed by atoms with Gasteiger partial charge >= 0.3 is 0 Å². The number of carbonyl (C=O) groups is 1. The molecule has 1 amide bonds. The Bertz CT molecular complexity index is 508. The van der Waals surface area contributed by atoms with Crippen LogP contribution in [0.5, 0.6) is 0 Å².